The summed E-state index contributed by atoms with van der Waals surface area (Å²) < 4.78 is 0. The highest BCUT2D eigenvalue weighted by Gasteiger charge is 1.71. The maximum atomic E-state index is 6.59. The van der Waals surface area contributed by atoms with Crippen LogP contribution in [0.5, 0.6) is 0 Å². The zero-order valence-electron chi connectivity index (χ0n) is 3.85. The zero-order valence-corrected chi connectivity index (χ0v) is 4.66. The minimum atomic E-state index is 0.247. The van der Waals surface area contributed by atoms with Crippen LogP contribution in [0, 0.1) is 6.92 Å². The summed E-state index contributed by atoms with van der Waals surface area (Å²) in [6.45, 7) is 6.59. The van der Waals surface area contributed by atoms with Crippen LogP contribution in [0.3, 0.4) is 0 Å². The summed E-state index contributed by atoms with van der Waals surface area (Å²) in [5.74, 6) is 0. The van der Waals surface area contributed by atoms with Gasteiger partial charge in [0.05, 0.1) is 4.99 Å². The van der Waals surface area contributed by atoms with Crippen LogP contribution in [-0.4, -0.2) is 4.99 Å². The standard InChI is InChI=1S/C5H6NS/c1-2-3-4-5(6)7/h3-4H,2H2,(H2,6,7). The van der Waals surface area contributed by atoms with Crippen molar-refractivity contribution in [1.29, 1.82) is 0 Å². The zero-order chi connectivity index (χ0) is 5.70. The molecule has 0 rings (SSSR count). The molecule has 1 nitrogen and oxygen atoms in total. The molecule has 0 fully saturated rings. The van der Waals surface area contributed by atoms with Gasteiger partial charge in [-0.05, 0) is 19.4 Å². The van der Waals surface area contributed by atoms with E-state index in [0.717, 1.165) is 0 Å². The maximum Gasteiger partial charge on any atom is 0.0958 e. The average molecular weight is 112 g/mol. The quantitative estimate of drug-likeness (QED) is 0.422. The van der Waals surface area contributed by atoms with E-state index in [9.17, 15) is 0 Å². The summed E-state index contributed by atoms with van der Waals surface area (Å²) >= 11 is 4.47. The number of allylic oxidation sites excluding steroid dienone is 1. The predicted octanol–water partition coefficient (Wildman–Crippen LogP) is 0.807. The van der Waals surface area contributed by atoms with Crippen molar-refractivity contribution in [3.63, 3.8) is 0 Å². The summed E-state index contributed by atoms with van der Waals surface area (Å²) in [7, 11) is 0. The molecule has 0 atom stereocenters. The highest BCUT2D eigenvalue weighted by Crippen LogP contribution is 1.77. The van der Waals surface area contributed by atoms with E-state index in [1.165, 1.54) is 0 Å². The Bertz CT molecular complexity index is 86.1. The Kier molecular flexibility index (Phi) is 3.61. The fourth-order valence-electron chi connectivity index (χ4n) is 0.175. The van der Waals surface area contributed by atoms with Gasteiger partial charge in [0.25, 0.3) is 0 Å². The second-order valence-electron chi connectivity index (χ2n) is 1.01. The molecule has 0 amide bonds. The number of nitrogens with two attached hydrogens (primary N) is 1. The number of thiocarbonyl (C=S) groups is 1. The van der Waals surface area contributed by atoms with Crippen molar-refractivity contribution in [2.24, 2.45) is 5.73 Å². The molecule has 0 aromatic carbocycles. The molecule has 0 saturated carbocycles. The normalized spacial score (nSPS) is 9.86. The highest BCUT2D eigenvalue weighted by molar-refractivity contribution is 7.80. The summed E-state index contributed by atoms with van der Waals surface area (Å²) in [6.07, 6.45) is 3.39. The van der Waals surface area contributed by atoms with Crippen LogP contribution in [0.15, 0.2) is 12.2 Å². The molecular formula is C5H6NS. The van der Waals surface area contributed by atoms with Gasteiger partial charge in [0.1, 0.15) is 0 Å². The third kappa shape index (κ3) is 5.63. The smallest absolute Gasteiger partial charge is 0.0958 e. The van der Waals surface area contributed by atoms with Crippen LogP contribution in [-0.2, 0) is 0 Å². The summed E-state index contributed by atoms with van der Waals surface area (Å²) in [5.41, 5.74) is 5.04. The fourth-order valence-corrected chi connectivity index (χ4v) is 0.271. The maximum absolute atomic E-state index is 6.59. The van der Waals surface area contributed by atoms with Crippen molar-refractivity contribution in [2.75, 3.05) is 0 Å². The fraction of sp³-hybridized carbons (Fsp3) is 0.200. The second kappa shape index (κ2) is 3.81. The second-order valence-corrected chi connectivity index (χ2v) is 1.48. The molecule has 0 bridgehead atoms. The van der Waals surface area contributed by atoms with Crippen molar-refractivity contribution < 1.29 is 0 Å². The summed E-state index contributed by atoms with van der Waals surface area (Å²) in [5, 5.41) is 0. The van der Waals surface area contributed by atoms with Crippen LogP contribution in [0.1, 0.15) is 6.42 Å². The third-order valence-electron chi connectivity index (χ3n) is 0.400. The third-order valence-corrected chi connectivity index (χ3v) is 0.536. The van der Waals surface area contributed by atoms with Gasteiger partial charge in [-0.15, -0.1) is 0 Å². The van der Waals surface area contributed by atoms with E-state index in [-0.39, 0.29) is 6.42 Å². The molecular weight excluding hydrogens is 106 g/mol. The largest absolute Gasteiger partial charge is 0.390 e. The van der Waals surface area contributed by atoms with Gasteiger partial charge in [0, 0.05) is 0 Å². The van der Waals surface area contributed by atoms with Gasteiger partial charge in [0.15, 0.2) is 0 Å². The van der Waals surface area contributed by atoms with Gasteiger partial charge in [-0.3, -0.25) is 0 Å². The van der Waals surface area contributed by atoms with Crippen molar-refractivity contribution >= 4 is 17.2 Å². The monoisotopic (exact) mass is 112 g/mol. The van der Waals surface area contributed by atoms with Crippen molar-refractivity contribution in [3.05, 3.63) is 19.1 Å². The van der Waals surface area contributed by atoms with E-state index in [0.29, 0.717) is 4.99 Å². The first-order chi connectivity index (χ1) is 3.27. The predicted molar refractivity (Wildman–Crippen MR) is 33.8 cm³/mol. The van der Waals surface area contributed by atoms with Crippen LogP contribution >= 0.6 is 12.2 Å². The van der Waals surface area contributed by atoms with Crippen molar-refractivity contribution in [3.8, 4) is 0 Å². The Hall–Kier alpha value is -0.370. The Morgan fingerprint density at radius 1 is 1.86 bits per heavy atom. The molecule has 0 spiro atoms. The minimum Gasteiger partial charge on any atom is -0.390 e. The van der Waals surface area contributed by atoms with E-state index >= 15 is 0 Å². The van der Waals surface area contributed by atoms with E-state index < -0.39 is 0 Å². The molecule has 0 aliphatic heterocycles. The molecule has 3 radical (unpaired) electrons. The van der Waals surface area contributed by atoms with Gasteiger partial charge in [-0.2, -0.15) is 0 Å². The molecule has 0 aromatic heterocycles. The lowest BCUT2D eigenvalue weighted by Gasteiger charge is -1.78. The summed E-state index contributed by atoms with van der Waals surface area (Å²) in [4.78, 5) is 0.340. The Morgan fingerprint density at radius 2 is 2.43 bits per heavy atom. The SMILES string of the molecule is [C]CC=CC(N)=S. The number of hydrogen-bond acceptors (Lipinski definition) is 1. The topological polar surface area (TPSA) is 26.0 Å². The van der Waals surface area contributed by atoms with E-state index in [2.05, 4.69) is 12.2 Å². The number of hydrogen-bond donors (Lipinski definition) is 1. The first-order valence-electron chi connectivity index (χ1n) is 1.88. The molecule has 2 heteroatoms. The van der Waals surface area contributed by atoms with Crippen LogP contribution in [0.2, 0.25) is 0 Å². The lowest BCUT2D eigenvalue weighted by Crippen LogP contribution is -2.01. The molecule has 37 valence electrons. The molecule has 0 unspecified atom stereocenters. The molecule has 2 N–H and O–H groups in total. The van der Waals surface area contributed by atoms with Crippen molar-refractivity contribution in [1.82, 2.24) is 0 Å². The van der Waals surface area contributed by atoms with Crippen LogP contribution in [0.4, 0.5) is 0 Å². The Balaban J connectivity index is 3.26. The van der Waals surface area contributed by atoms with Gasteiger partial charge < -0.3 is 5.73 Å². The highest BCUT2D eigenvalue weighted by atomic mass is 32.1. The van der Waals surface area contributed by atoms with Crippen molar-refractivity contribution in [2.45, 2.75) is 6.42 Å². The van der Waals surface area contributed by atoms with E-state index in [1.807, 2.05) is 0 Å². The van der Waals surface area contributed by atoms with Gasteiger partial charge in [-0.25, -0.2) is 0 Å². The molecule has 0 heterocycles. The lowest BCUT2D eigenvalue weighted by atomic mass is 10.4. The Morgan fingerprint density at radius 3 is 2.57 bits per heavy atom. The minimum absolute atomic E-state index is 0.247. The van der Waals surface area contributed by atoms with Gasteiger partial charge >= 0.3 is 0 Å². The molecule has 0 aromatic rings. The average Bonchev–Trinajstić information content (AvgIpc) is 1.61. The molecule has 0 aliphatic carbocycles. The molecule has 0 saturated heterocycles. The molecule has 7 heavy (non-hydrogen) atoms. The first-order valence-corrected chi connectivity index (χ1v) is 2.28. The summed E-state index contributed by atoms with van der Waals surface area (Å²) in [6, 6.07) is 0. The van der Waals surface area contributed by atoms with Crippen LogP contribution in [0.25, 0.3) is 0 Å². The van der Waals surface area contributed by atoms with Gasteiger partial charge in [0.2, 0.25) is 0 Å². The first kappa shape index (κ1) is 6.63. The number of rotatable bonds is 2. The van der Waals surface area contributed by atoms with Gasteiger partial charge in [-0.1, -0.05) is 18.3 Å². The molecule has 0 aliphatic rings. The van der Waals surface area contributed by atoms with E-state index in [1.54, 1.807) is 12.2 Å². The van der Waals surface area contributed by atoms with E-state index in [4.69, 9.17) is 12.7 Å². The van der Waals surface area contributed by atoms with Crippen LogP contribution < -0.4 is 5.73 Å². The Labute approximate surface area is 49.2 Å². The lowest BCUT2D eigenvalue weighted by molar-refractivity contribution is 1.41.